The number of benzene rings is 1. The molecule has 0 radical (unpaired) electrons. The largest absolute Gasteiger partial charge is 0.489 e. The van der Waals surface area contributed by atoms with Crippen LogP contribution in [0.15, 0.2) is 22.6 Å². The molecular weight excluding hydrogens is 351 g/mol. The Kier molecular flexibility index (Phi) is 4.45. The highest BCUT2D eigenvalue weighted by molar-refractivity contribution is 6.00. The molecule has 0 aliphatic carbocycles. The lowest BCUT2D eigenvalue weighted by atomic mass is 9.86. The Morgan fingerprint density at radius 1 is 1.26 bits per heavy atom. The molecule has 3 heterocycles. The Hall–Kier alpha value is -2.70. The van der Waals surface area contributed by atoms with Gasteiger partial charge >= 0.3 is 0 Å². The predicted octanol–water partition coefficient (Wildman–Crippen LogP) is 3.32. The van der Waals surface area contributed by atoms with Crippen LogP contribution in [0.4, 0.5) is 4.39 Å². The lowest BCUT2D eigenvalue weighted by molar-refractivity contribution is 0.0435. The number of halogens is 1. The summed E-state index contributed by atoms with van der Waals surface area (Å²) < 4.78 is 24.8. The summed E-state index contributed by atoms with van der Waals surface area (Å²) in [4.78, 5) is 30.9. The van der Waals surface area contributed by atoms with E-state index in [1.807, 2.05) is 0 Å². The number of Topliss-reactive ketones (excluding diaryl/α,β-unsaturated/α-hetero) is 1. The summed E-state index contributed by atoms with van der Waals surface area (Å²) in [5.74, 6) is 0.729. The van der Waals surface area contributed by atoms with Crippen LogP contribution in [-0.2, 0) is 0 Å². The molecule has 2 aliphatic rings. The first-order valence-electron chi connectivity index (χ1n) is 9.15. The van der Waals surface area contributed by atoms with Crippen LogP contribution in [0.25, 0.3) is 0 Å². The summed E-state index contributed by atoms with van der Waals surface area (Å²) in [5.41, 5.74) is 0.916. The number of likely N-dealkylation sites (tertiary alicyclic amines) is 1. The standard InChI is InChI=1S/C20H21FN2O4/c1-11-19(26-12(2)22-11)20(25)23-7-5-13(6-8-23)18-10-16(24)15-9-14(21)3-4-17(15)27-18/h3-4,9,13,18H,5-8,10H2,1-2H3/t18-/m1/s1. The lowest BCUT2D eigenvalue weighted by Crippen LogP contribution is -2.44. The topological polar surface area (TPSA) is 72.6 Å². The van der Waals surface area contributed by atoms with E-state index < -0.39 is 5.82 Å². The van der Waals surface area contributed by atoms with E-state index in [1.54, 1.807) is 18.7 Å². The number of fused-ring (bicyclic) bond motifs is 1. The molecule has 0 bridgehead atoms. The van der Waals surface area contributed by atoms with E-state index in [0.717, 1.165) is 12.8 Å². The minimum absolute atomic E-state index is 0.0907. The third-order valence-corrected chi connectivity index (χ3v) is 5.36. The molecule has 2 aromatic rings. The molecule has 1 saturated heterocycles. The lowest BCUT2D eigenvalue weighted by Gasteiger charge is -2.37. The molecule has 1 aromatic heterocycles. The van der Waals surface area contributed by atoms with Gasteiger partial charge in [0.05, 0.1) is 11.3 Å². The monoisotopic (exact) mass is 372 g/mol. The van der Waals surface area contributed by atoms with E-state index in [4.69, 9.17) is 9.15 Å². The van der Waals surface area contributed by atoms with Crippen molar-refractivity contribution in [2.24, 2.45) is 5.92 Å². The number of ether oxygens (including phenoxy) is 1. The summed E-state index contributed by atoms with van der Waals surface area (Å²) in [5, 5.41) is 0. The highest BCUT2D eigenvalue weighted by Crippen LogP contribution is 2.34. The molecular formula is C20H21FN2O4. The van der Waals surface area contributed by atoms with Crippen molar-refractivity contribution in [2.45, 2.75) is 39.2 Å². The molecule has 0 unspecified atom stereocenters. The molecule has 1 aromatic carbocycles. The normalized spacial score (nSPS) is 20.3. The third kappa shape index (κ3) is 3.34. The average molecular weight is 372 g/mol. The number of ketones is 1. The van der Waals surface area contributed by atoms with E-state index >= 15 is 0 Å². The Morgan fingerprint density at radius 2 is 2.00 bits per heavy atom. The second-order valence-corrected chi connectivity index (χ2v) is 7.20. The summed E-state index contributed by atoms with van der Waals surface area (Å²) in [7, 11) is 0. The van der Waals surface area contributed by atoms with Gasteiger partial charge in [0.15, 0.2) is 11.7 Å². The average Bonchev–Trinajstić information content (AvgIpc) is 3.00. The fourth-order valence-corrected chi connectivity index (χ4v) is 3.93. The van der Waals surface area contributed by atoms with Crippen molar-refractivity contribution >= 4 is 11.7 Å². The quantitative estimate of drug-likeness (QED) is 0.809. The maximum atomic E-state index is 13.4. The zero-order chi connectivity index (χ0) is 19.1. The van der Waals surface area contributed by atoms with Gasteiger partial charge in [0.25, 0.3) is 5.91 Å². The van der Waals surface area contributed by atoms with E-state index in [1.165, 1.54) is 18.2 Å². The fourth-order valence-electron chi connectivity index (χ4n) is 3.93. The zero-order valence-corrected chi connectivity index (χ0v) is 15.3. The summed E-state index contributed by atoms with van der Waals surface area (Å²) >= 11 is 0. The number of aromatic nitrogens is 1. The van der Waals surface area contributed by atoms with E-state index in [2.05, 4.69) is 4.98 Å². The van der Waals surface area contributed by atoms with Crippen molar-refractivity contribution < 1.29 is 23.1 Å². The molecule has 2 aliphatic heterocycles. The summed E-state index contributed by atoms with van der Waals surface area (Å²) in [6.07, 6.45) is 1.50. The molecule has 1 amide bonds. The first-order valence-corrected chi connectivity index (χ1v) is 9.15. The van der Waals surface area contributed by atoms with Crippen molar-refractivity contribution in [1.82, 2.24) is 9.88 Å². The number of rotatable bonds is 2. The van der Waals surface area contributed by atoms with Crippen LogP contribution in [0.1, 0.15) is 51.8 Å². The van der Waals surface area contributed by atoms with Gasteiger partial charge in [-0.2, -0.15) is 0 Å². The maximum Gasteiger partial charge on any atom is 0.291 e. The number of carbonyl (C=O) groups excluding carboxylic acids is 2. The van der Waals surface area contributed by atoms with Gasteiger partial charge in [-0.05, 0) is 43.9 Å². The number of oxazole rings is 1. The van der Waals surface area contributed by atoms with Crippen LogP contribution in [0.2, 0.25) is 0 Å². The molecule has 27 heavy (non-hydrogen) atoms. The van der Waals surface area contributed by atoms with E-state index in [9.17, 15) is 14.0 Å². The third-order valence-electron chi connectivity index (χ3n) is 5.36. The molecule has 6 nitrogen and oxygen atoms in total. The summed E-state index contributed by atoms with van der Waals surface area (Å²) in [6.45, 7) is 4.63. The molecule has 0 saturated carbocycles. The van der Waals surface area contributed by atoms with Crippen LogP contribution in [0, 0.1) is 25.6 Å². The number of hydrogen-bond donors (Lipinski definition) is 0. The highest BCUT2D eigenvalue weighted by atomic mass is 19.1. The van der Waals surface area contributed by atoms with Crippen molar-refractivity contribution in [2.75, 3.05) is 13.1 Å². The van der Waals surface area contributed by atoms with Gasteiger partial charge in [0.2, 0.25) is 5.76 Å². The minimum atomic E-state index is -0.436. The summed E-state index contributed by atoms with van der Waals surface area (Å²) in [6, 6.07) is 4.05. The van der Waals surface area contributed by atoms with Crippen LogP contribution in [-0.4, -0.2) is 40.8 Å². The van der Waals surface area contributed by atoms with Gasteiger partial charge in [-0.15, -0.1) is 0 Å². The number of piperidine rings is 1. The molecule has 7 heteroatoms. The fraction of sp³-hybridized carbons (Fsp3) is 0.450. The maximum absolute atomic E-state index is 13.4. The Labute approximate surface area is 156 Å². The first-order chi connectivity index (χ1) is 12.9. The number of hydrogen-bond acceptors (Lipinski definition) is 5. The van der Waals surface area contributed by atoms with Crippen molar-refractivity contribution in [3.05, 3.63) is 46.9 Å². The van der Waals surface area contributed by atoms with Gasteiger partial charge in [-0.1, -0.05) is 0 Å². The SMILES string of the molecule is Cc1nc(C)c(C(=O)N2CCC([C@H]3CC(=O)c4cc(F)ccc4O3)CC2)o1. The Balaban J connectivity index is 1.41. The molecule has 1 fully saturated rings. The van der Waals surface area contributed by atoms with Crippen LogP contribution in [0.3, 0.4) is 0 Å². The van der Waals surface area contributed by atoms with Gasteiger partial charge in [0.1, 0.15) is 17.7 Å². The smallest absolute Gasteiger partial charge is 0.291 e. The van der Waals surface area contributed by atoms with Crippen molar-refractivity contribution in [3.63, 3.8) is 0 Å². The first kappa shape index (κ1) is 17.7. The number of amides is 1. The molecule has 0 N–H and O–H groups in total. The van der Waals surface area contributed by atoms with Crippen LogP contribution in [0.5, 0.6) is 5.75 Å². The molecule has 0 spiro atoms. The van der Waals surface area contributed by atoms with Crippen molar-refractivity contribution in [3.8, 4) is 5.75 Å². The highest BCUT2D eigenvalue weighted by Gasteiger charge is 2.36. The Morgan fingerprint density at radius 3 is 2.67 bits per heavy atom. The molecule has 1 atom stereocenters. The van der Waals surface area contributed by atoms with E-state index in [-0.39, 0.29) is 30.1 Å². The van der Waals surface area contributed by atoms with Crippen LogP contribution < -0.4 is 4.74 Å². The second-order valence-electron chi connectivity index (χ2n) is 7.20. The van der Waals surface area contributed by atoms with Gasteiger partial charge < -0.3 is 14.1 Å². The predicted molar refractivity (Wildman–Crippen MR) is 94.4 cm³/mol. The van der Waals surface area contributed by atoms with Gasteiger partial charge in [0, 0.05) is 26.4 Å². The van der Waals surface area contributed by atoms with Crippen LogP contribution >= 0.6 is 0 Å². The minimum Gasteiger partial charge on any atom is -0.489 e. The van der Waals surface area contributed by atoms with Crippen molar-refractivity contribution in [1.29, 1.82) is 0 Å². The second kappa shape index (κ2) is 6.79. The number of aryl methyl sites for hydroxylation is 2. The van der Waals surface area contributed by atoms with Gasteiger partial charge in [-0.3, -0.25) is 9.59 Å². The number of nitrogens with zero attached hydrogens (tertiary/aromatic N) is 2. The van der Waals surface area contributed by atoms with Gasteiger partial charge in [-0.25, -0.2) is 9.37 Å². The Bertz CT molecular complexity index is 899. The molecule has 4 rings (SSSR count). The number of carbonyl (C=O) groups is 2. The zero-order valence-electron chi connectivity index (χ0n) is 15.3. The molecule has 142 valence electrons. The van der Waals surface area contributed by atoms with E-state index in [0.29, 0.717) is 41.7 Å².